The van der Waals surface area contributed by atoms with Crippen LogP contribution in [0, 0.1) is 0 Å². The van der Waals surface area contributed by atoms with Crippen LogP contribution in [0.3, 0.4) is 0 Å². The smallest absolute Gasteiger partial charge is 0.326 e. The molecule has 0 unspecified atom stereocenters. The van der Waals surface area contributed by atoms with Crippen LogP contribution in [0.2, 0.25) is 0 Å². The molecule has 0 fully saturated rings. The molecule has 0 aliphatic rings. The molecule has 0 atom stereocenters. The number of hydrogen-bond donors (Lipinski definition) is 2. The molecule has 4 nitrogen and oxygen atoms in total. The maximum Gasteiger partial charge on any atom is 0.326 e. The molecule has 66 valence electrons. The van der Waals surface area contributed by atoms with Crippen LogP contribution in [0.25, 0.3) is 0 Å². The van der Waals surface area contributed by atoms with Crippen molar-refractivity contribution in [1.82, 2.24) is 10.8 Å². The van der Waals surface area contributed by atoms with E-state index in [2.05, 4.69) is 15.6 Å². The summed E-state index contributed by atoms with van der Waals surface area (Å²) in [5.41, 5.74) is 2.50. The minimum atomic E-state index is -0.215. The van der Waals surface area contributed by atoms with Gasteiger partial charge < -0.3 is 10.2 Å². The van der Waals surface area contributed by atoms with Gasteiger partial charge in [-0.1, -0.05) is 6.92 Å². The van der Waals surface area contributed by atoms with Gasteiger partial charge in [0.2, 0.25) is 0 Å². The molecule has 0 saturated heterocycles. The molecule has 0 aromatic rings. The summed E-state index contributed by atoms with van der Waals surface area (Å²) in [7, 11) is 0. The highest BCUT2D eigenvalue weighted by atomic mass is 16.7. The summed E-state index contributed by atoms with van der Waals surface area (Å²) in [6, 6.07) is 0. The molecule has 0 aliphatic carbocycles. The fourth-order valence-electron chi connectivity index (χ4n) is 0.571. The van der Waals surface area contributed by atoms with E-state index in [0.717, 1.165) is 6.54 Å². The molecule has 0 aromatic carbocycles. The lowest BCUT2D eigenvalue weighted by Gasteiger charge is -2.02. The standard InChI is InChI=1S/C7H16N2O2/c1-3-8-6-5-7(10)11-9-4-2/h8-9H,3-6H2,1-2H3. The van der Waals surface area contributed by atoms with Crippen LogP contribution in [0.4, 0.5) is 0 Å². The number of hydroxylamine groups is 1. The highest BCUT2D eigenvalue weighted by Gasteiger charge is 1.99. The number of carbonyl (C=O) groups is 1. The maximum atomic E-state index is 10.8. The average molecular weight is 160 g/mol. The van der Waals surface area contributed by atoms with E-state index in [9.17, 15) is 4.79 Å². The Balaban J connectivity index is 3.09. The predicted octanol–water partition coefficient (Wildman–Crippen LogP) is 0.0537. The summed E-state index contributed by atoms with van der Waals surface area (Å²) in [4.78, 5) is 15.4. The van der Waals surface area contributed by atoms with Gasteiger partial charge in [-0.2, -0.15) is 5.48 Å². The largest absolute Gasteiger partial charge is 0.371 e. The first-order valence-electron chi connectivity index (χ1n) is 3.94. The van der Waals surface area contributed by atoms with E-state index in [4.69, 9.17) is 0 Å². The van der Waals surface area contributed by atoms with Crippen LogP contribution in [-0.2, 0) is 9.63 Å². The van der Waals surface area contributed by atoms with Crippen molar-refractivity contribution in [3.05, 3.63) is 0 Å². The average Bonchev–Trinajstić information content (AvgIpc) is 2.01. The SMILES string of the molecule is CCNCCC(=O)ONCC. The Morgan fingerprint density at radius 1 is 1.36 bits per heavy atom. The summed E-state index contributed by atoms with van der Waals surface area (Å²) in [5.74, 6) is -0.215. The van der Waals surface area contributed by atoms with Crippen LogP contribution < -0.4 is 10.8 Å². The van der Waals surface area contributed by atoms with Crippen molar-refractivity contribution in [3.8, 4) is 0 Å². The van der Waals surface area contributed by atoms with Crippen LogP contribution in [0.15, 0.2) is 0 Å². The van der Waals surface area contributed by atoms with Crippen molar-refractivity contribution in [2.75, 3.05) is 19.6 Å². The Kier molecular flexibility index (Phi) is 7.08. The molecule has 0 spiro atoms. The summed E-state index contributed by atoms with van der Waals surface area (Å²) in [6.07, 6.45) is 0.418. The zero-order valence-electron chi connectivity index (χ0n) is 7.14. The molecule has 0 aliphatic heterocycles. The van der Waals surface area contributed by atoms with Crippen LogP contribution in [-0.4, -0.2) is 25.6 Å². The first kappa shape index (κ1) is 10.4. The molecule has 0 aromatic heterocycles. The monoisotopic (exact) mass is 160 g/mol. The molecule has 0 bridgehead atoms. The minimum absolute atomic E-state index is 0.215. The second kappa shape index (κ2) is 7.50. The predicted molar refractivity (Wildman–Crippen MR) is 42.9 cm³/mol. The number of rotatable bonds is 6. The van der Waals surface area contributed by atoms with Gasteiger partial charge in [0.05, 0.1) is 6.42 Å². The second-order valence-electron chi connectivity index (χ2n) is 2.08. The van der Waals surface area contributed by atoms with Gasteiger partial charge in [-0.05, 0) is 13.5 Å². The van der Waals surface area contributed by atoms with Gasteiger partial charge in [0, 0.05) is 13.1 Å². The molecule has 4 heteroatoms. The lowest BCUT2D eigenvalue weighted by molar-refractivity contribution is -0.150. The van der Waals surface area contributed by atoms with Gasteiger partial charge >= 0.3 is 5.97 Å². The normalized spacial score (nSPS) is 9.64. The maximum absolute atomic E-state index is 10.8. The van der Waals surface area contributed by atoms with E-state index in [1.807, 2.05) is 13.8 Å². The summed E-state index contributed by atoms with van der Waals surface area (Å²) < 4.78 is 0. The topological polar surface area (TPSA) is 50.4 Å². The Morgan fingerprint density at radius 3 is 2.64 bits per heavy atom. The van der Waals surface area contributed by atoms with E-state index < -0.39 is 0 Å². The second-order valence-corrected chi connectivity index (χ2v) is 2.08. The van der Waals surface area contributed by atoms with Crippen molar-refractivity contribution in [2.45, 2.75) is 20.3 Å². The molecule has 11 heavy (non-hydrogen) atoms. The van der Waals surface area contributed by atoms with Gasteiger partial charge in [0.1, 0.15) is 0 Å². The molecular weight excluding hydrogens is 144 g/mol. The van der Waals surface area contributed by atoms with Gasteiger partial charge in [0.15, 0.2) is 0 Å². The molecule has 0 amide bonds. The first-order valence-corrected chi connectivity index (χ1v) is 3.94. The van der Waals surface area contributed by atoms with Gasteiger partial charge in [0.25, 0.3) is 0 Å². The van der Waals surface area contributed by atoms with Crippen molar-refractivity contribution in [2.24, 2.45) is 0 Å². The Hall–Kier alpha value is -0.610. The molecule has 0 radical (unpaired) electrons. The zero-order valence-corrected chi connectivity index (χ0v) is 7.14. The fourth-order valence-corrected chi connectivity index (χ4v) is 0.571. The van der Waals surface area contributed by atoms with Gasteiger partial charge in [-0.15, -0.1) is 0 Å². The van der Waals surface area contributed by atoms with Crippen molar-refractivity contribution in [1.29, 1.82) is 0 Å². The highest BCUT2D eigenvalue weighted by molar-refractivity contribution is 5.69. The van der Waals surface area contributed by atoms with Crippen molar-refractivity contribution < 1.29 is 9.63 Å². The van der Waals surface area contributed by atoms with E-state index in [0.29, 0.717) is 19.5 Å². The molecule has 0 rings (SSSR count). The number of nitrogens with one attached hydrogen (secondary N) is 2. The zero-order chi connectivity index (χ0) is 8.53. The lowest BCUT2D eigenvalue weighted by Crippen LogP contribution is -2.23. The lowest BCUT2D eigenvalue weighted by atomic mass is 10.4. The molecular formula is C7H16N2O2. The summed E-state index contributed by atoms with van der Waals surface area (Å²) >= 11 is 0. The Morgan fingerprint density at radius 2 is 2.09 bits per heavy atom. The third-order valence-corrected chi connectivity index (χ3v) is 1.09. The van der Waals surface area contributed by atoms with Gasteiger partial charge in [-0.3, -0.25) is 4.79 Å². The van der Waals surface area contributed by atoms with Crippen molar-refractivity contribution in [3.63, 3.8) is 0 Å². The molecule has 2 N–H and O–H groups in total. The summed E-state index contributed by atoms with van der Waals surface area (Å²) in [5, 5.41) is 3.03. The summed E-state index contributed by atoms with van der Waals surface area (Å²) in [6.45, 7) is 6.08. The van der Waals surface area contributed by atoms with Crippen LogP contribution in [0.5, 0.6) is 0 Å². The Labute approximate surface area is 67.3 Å². The third kappa shape index (κ3) is 7.29. The van der Waals surface area contributed by atoms with E-state index >= 15 is 0 Å². The minimum Gasteiger partial charge on any atom is -0.371 e. The van der Waals surface area contributed by atoms with E-state index in [-0.39, 0.29) is 5.97 Å². The number of carbonyl (C=O) groups excluding carboxylic acids is 1. The fraction of sp³-hybridized carbons (Fsp3) is 0.857. The Bertz CT molecular complexity index is 107. The molecule has 0 heterocycles. The number of hydrogen-bond acceptors (Lipinski definition) is 4. The van der Waals surface area contributed by atoms with E-state index in [1.54, 1.807) is 0 Å². The van der Waals surface area contributed by atoms with Crippen LogP contribution in [0.1, 0.15) is 20.3 Å². The molecule has 0 saturated carbocycles. The highest BCUT2D eigenvalue weighted by Crippen LogP contribution is 1.80. The third-order valence-electron chi connectivity index (χ3n) is 1.09. The first-order chi connectivity index (χ1) is 5.31. The quantitative estimate of drug-likeness (QED) is 0.426. The van der Waals surface area contributed by atoms with Crippen LogP contribution >= 0.6 is 0 Å². The van der Waals surface area contributed by atoms with Crippen molar-refractivity contribution >= 4 is 5.97 Å². The van der Waals surface area contributed by atoms with E-state index in [1.165, 1.54) is 0 Å². The van der Waals surface area contributed by atoms with Gasteiger partial charge in [-0.25, -0.2) is 0 Å².